The zero-order valence-electron chi connectivity index (χ0n) is 10.4. The van der Waals surface area contributed by atoms with Gasteiger partial charge in [0.15, 0.2) is 0 Å². The fraction of sp³-hybridized carbons (Fsp3) is 0.600. The first-order valence-corrected chi connectivity index (χ1v) is 6.36. The third kappa shape index (κ3) is 2.85. The summed E-state index contributed by atoms with van der Waals surface area (Å²) >= 11 is 0. The van der Waals surface area contributed by atoms with Gasteiger partial charge in [-0.25, -0.2) is 5.32 Å². The molecule has 0 atom stereocenters. The van der Waals surface area contributed by atoms with Crippen molar-refractivity contribution in [2.75, 3.05) is 13.1 Å². The van der Waals surface area contributed by atoms with Gasteiger partial charge in [0.2, 0.25) is 0 Å². The summed E-state index contributed by atoms with van der Waals surface area (Å²) in [5, 5.41) is 4.45. The highest BCUT2D eigenvalue weighted by molar-refractivity contribution is 5.16. The predicted molar refractivity (Wildman–Crippen MR) is 68.5 cm³/mol. The molecule has 1 aliphatic rings. The van der Waals surface area contributed by atoms with Crippen LogP contribution in [0.5, 0.6) is 0 Å². The topological polar surface area (TPSA) is 14.1 Å². The van der Waals surface area contributed by atoms with Crippen LogP contribution in [0, 0.1) is 11.3 Å². The second kappa shape index (κ2) is 5.01. The average Bonchev–Trinajstić information content (AvgIpc) is 2.31. The molecule has 1 saturated heterocycles. The lowest BCUT2D eigenvalue weighted by Gasteiger charge is -2.37. The fourth-order valence-corrected chi connectivity index (χ4v) is 2.80. The van der Waals surface area contributed by atoms with Gasteiger partial charge in [-0.3, -0.25) is 0 Å². The van der Waals surface area contributed by atoms with Crippen molar-refractivity contribution in [1.82, 2.24) is 5.32 Å². The van der Waals surface area contributed by atoms with Crippen molar-refractivity contribution in [2.24, 2.45) is 11.3 Å². The van der Waals surface area contributed by atoms with Gasteiger partial charge in [0.25, 0.3) is 0 Å². The lowest BCUT2D eigenvalue weighted by molar-refractivity contribution is 0.164. The van der Waals surface area contributed by atoms with Crippen LogP contribution in [0.4, 0.5) is 0 Å². The Morgan fingerprint density at radius 3 is 2.38 bits per heavy atom. The molecular formula is C15H22N. The third-order valence-corrected chi connectivity index (χ3v) is 3.88. The summed E-state index contributed by atoms with van der Waals surface area (Å²) in [4.78, 5) is 0. The molecule has 1 aromatic carbocycles. The molecule has 1 nitrogen and oxygen atoms in total. The molecule has 0 aliphatic carbocycles. The monoisotopic (exact) mass is 216 g/mol. The van der Waals surface area contributed by atoms with Crippen LogP contribution >= 0.6 is 0 Å². The zero-order valence-corrected chi connectivity index (χ0v) is 10.4. The summed E-state index contributed by atoms with van der Waals surface area (Å²) in [6, 6.07) is 10.9. The van der Waals surface area contributed by atoms with Crippen LogP contribution in [0.25, 0.3) is 0 Å². The van der Waals surface area contributed by atoms with E-state index in [0.29, 0.717) is 5.41 Å². The molecule has 0 N–H and O–H groups in total. The van der Waals surface area contributed by atoms with Gasteiger partial charge >= 0.3 is 0 Å². The summed E-state index contributed by atoms with van der Waals surface area (Å²) in [6.45, 7) is 6.97. The second-order valence-corrected chi connectivity index (χ2v) is 5.60. The molecule has 1 aliphatic heterocycles. The van der Waals surface area contributed by atoms with Gasteiger partial charge in [-0.1, -0.05) is 44.2 Å². The standard InChI is InChI=1S/C15H22N/c1-15(2,14-8-10-16-11-9-14)12-13-6-4-3-5-7-13/h3-7,14H,8-12H2,1-2H3. The van der Waals surface area contributed by atoms with E-state index in [1.807, 2.05) is 0 Å². The van der Waals surface area contributed by atoms with Crippen LogP contribution < -0.4 is 5.32 Å². The quantitative estimate of drug-likeness (QED) is 0.736. The van der Waals surface area contributed by atoms with Crippen molar-refractivity contribution in [3.8, 4) is 0 Å². The number of hydrogen-bond acceptors (Lipinski definition) is 0. The molecule has 0 amide bonds. The van der Waals surface area contributed by atoms with Gasteiger partial charge in [0, 0.05) is 13.1 Å². The van der Waals surface area contributed by atoms with Gasteiger partial charge in [-0.15, -0.1) is 0 Å². The first-order chi connectivity index (χ1) is 7.68. The molecule has 1 heteroatoms. The number of piperidine rings is 1. The van der Waals surface area contributed by atoms with Crippen molar-refractivity contribution in [3.63, 3.8) is 0 Å². The minimum absolute atomic E-state index is 0.414. The van der Waals surface area contributed by atoms with Gasteiger partial charge < -0.3 is 0 Å². The summed E-state index contributed by atoms with van der Waals surface area (Å²) < 4.78 is 0. The van der Waals surface area contributed by atoms with Crippen LogP contribution in [0.15, 0.2) is 30.3 Å². The summed E-state index contributed by atoms with van der Waals surface area (Å²) in [7, 11) is 0. The molecule has 0 aromatic heterocycles. The number of benzene rings is 1. The summed E-state index contributed by atoms with van der Waals surface area (Å²) in [5.74, 6) is 0.838. The van der Waals surface area contributed by atoms with Gasteiger partial charge in [-0.2, -0.15) is 0 Å². The second-order valence-electron chi connectivity index (χ2n) is 5.60. The smallest absolute Gasteiger partial charge is 0.0136 e. The van der Waals surface area contributed by atoms with E-state index in [1.165, 1.54) is 24.8 Å². The Morgan fingerprint density at radius 2 is 1.75 bits per heavy atom. The number of nitrogens with zero attached hydrogens (tertiary/aromatic N) is 1. The molecule has 2 rings (SSSR count). The van der Waals surface area contributed by atoms with Crippen LogP contribution in [0.3, 0.4) is 0 Å². The molecule has 1 radical (unpaired) electrons. The van der Waals surface area contributed by atoms with E-state index in [2.05, 4.69) is 49.5 Å². The van der Waals surface area contributed by atoms with Gasteiger partial charge in [0.1, 0.15) is 0 Å². The first-order valence-electron chi connectivity index (χ1n) is 6.36. The van der Waals surface area contributed by atoms with E-state index in [4.69, 9.17) is 0 Å². The maximum Gasteiger partial charge on any atom is 0.0136 e. The van der Waals surface area contributed by atoms with E-state index >= 15 is 0 Å². The molecule has 0 saturated carbocycles. The summed E-state index contributed by atoms with van der Waals surface area (Å²) in [5.41, 5.74) is 1.88. The first kappa shape index (κ1) is 11.7. The zero-order chi connectivity index (χ0) is 11.4. The molecule has 0 unspecified atom stereocenters. The highest BCUT2D eigenvalue weighted by atomic mass is 14.9. The van der Waals surface area contributed by atoms with E-state index in [9.17, 15) is 0 Å². The van der Waals surface area contributed by atoms with Crippen molar-refractivity contribution >= 4 is 0 Å². The predicted octanol–water partition coefficient (Wildman–Crippen LogP) is 3.27. The average molecular weight is 216 g/mol. The minimum Gasteiger partial charge on any atom is -0.242 e. The summed E-state index contributed by atoms with van der Waals surface area (Å²) in [6.07, 6.45) is 3.75. The van der Waals surface area contributed by atoms with E-state index in [-0.39, 0.29) is 0 Å². The van der Waals surface area contributed by atoms with Crippen LogP contribution in [0.2, 0.25) is 0 Å². The van der Waals surface area contributed by atoms with Gasteiger partial charge in [0.05, 0.1) is 0 Å². The van der Waals surface area contributed by atoms with Crippen molar-refractivity contribution in [2.45, 2.75) is 33.1 Å². The largest absolute Gasteiger partial charge is 0.242 e. The van der Waals surface area contributed by atoms with Crippen LogP contribution in [0.1, 0.15) is 32.3 Å². The van der Waals surface area contributed by atoms with E-state index < -0.39 is 0 Å². The normalized spacial score (nSPS) is 18.6. The number of rotatable bonds is 3. The molecular weight excluding hydrogens is 194 g/mol. The Labute approximate surface area is 99.3 Å². The molecule has 1 heterocycles. The lowest BCUT2D eigenvalue weighted by Crippen LogP contribution is -2.34. The Hall–Kier alpha value is -0.820. The Morgan fingerprint density at radius 1 is 1.12 bits per heavy atom. The highest BCUT2D eigenvalue weighted by Crippen LogP contribution is 2.36. The van der Waals surface area contributed by atoms with Crippen molar-refractivity contribution < 1.29 is 0 Å². The fourth-order valence-electron chi connectivity index (χ4n) is 2.80. The van der Waals surface area contributed by atoms with Crippen LogP contribution in [-0.2, 0) is 6.42 Å². The molecule has 1 aromatic rings. The minimum atomic E-state index is 0.414. The highest BCUT2D eigenvalue weighted by Gasteiger charge is 2.30. The van der Waals surface area contributed by atoms with Crippen molar-refractivity contribution in [3.05, 3.63) is 35.9 Å². The Balaban J connectivity index is 2.01. The maximum absolute atomic E-state index is 4.45. The van der Waals surface area contributed by atoms with Crippen LogP contribution in [-0.4, -0.2) is 13.1 Å². The third-order valence-electron chi connectivity index (χ3n) is 3.88. The Kier molecular flexibility index (Phi) is 3.65. The molecule has 1 fully saturated rings. The lowest BCUT2D eigenvalue weighted by atomic mass is 9.70. The maximum atomic E-state index is 4.45. The van der Waals surface area contributed by atoms with Crippen molar-refractivity contribution in [1.29, 1.82) is 0 Å². The SMILES string of the molecule is CC(C)(Cc1ccccc1)C1CC[N]CC1. The van der Waals surface area contributed by atoms with Gasteiger partial charge in [-0.05, 0) is 36.2 Å². The van der Waals surface area contributed by atoms with E-state index in [0.717, 1.165) is 19.0 Å². The molecule has 0 spiro atoms. The number of hydrogen-bond donors (Lipinski definition) is 0. The van der Waals surface area contributed by atoms with E-state index in [1.54, 1.807) is 0 Å². The molecule has 0 bridgehead atoms. The molecule has 16 heavy (non-hydrogen) atoms. The Bertz CT molecular complexity index is 309. The molecule has 87 valence electrons.